The highest BCUT2D eigenvalue weighted by molar-refractivity contribution is 8.26. The molecule has 1 saturated heterocycles. The van der Waals surface area contributed by atoms with Gasteiger partial charge in [-0.25, -0.2) is 0 Å². The van der Waals surface area contributed by atoms with E-state index in [0.717, 1.165) is 16.5 Å². The summed E-state index contributed by atoms with van der Waals surface area (Å²) in [5.74, 6) is -0.133. The second-order valence-corrected chi connectivity index (χ2v) is 5.49. The number of carbonyl (C=O) groups is 1. The smallest absolute Gasteiger partial charge is 0.263 e. The number of fused-ring (bicyclic) bond motifs is 1. The molecule has 1 aromatic carbocycles. The Balaban J connectivity index is 2.13. The Morgan fingerprint density at radius 2 is 2.11 bits per heavy atom. The van der Waals surface area contributed by atoms with E-state index in [1.807, 2.05) is 36.4 Å². The molecule has 0 unspecified atom stereocenters. The molecule has 0 spiro atoms. The Morgan fingerprint density at radius 3 is 2.89 bits per heavy atom. The zero-order chi connectivity index (χ0) is 12.5. The number of thioether (sulfide) groups is 1. The molecule has 0 atom stereocenters. The van der Waals surface area contributed by atoms with E-state index < -0.39 is 0 Å². The van der Waals surface area contributed by atoms with E-state index in [9.17, 15) is 4.79 Å². The van der Waals surface area contributed by atoms with E-state index in [1.165, 1.54) is 11.8 Å². The molecule has 3 rings (SSSR count). The number of nitrogens with one attached hydrogen (secondary N) is 1. The maximum Gasteiger partial charge on any atom is 0.263 e. The Hall–Kier alpha value is -1.72. The minimum Gasteiger partial charge on any atom is -0.307 e. The molecule has 1 aliphatic heterocycles. The van der Waals surface area contributed by atoms with Gasteiger partial charge in [-0.1, -0.05) is 42.2 Å². The van der Waals surface area contributed by atoms with Crippen molar-refractivity contribution in [1.82, 2.24) is 10.3 Å². The standard InChI is InChI=1S/C13H8N2OS2/c16-12-11(18-13(17)15-12)7-8-5-6-14-10-4-2-1-3-9(8)10/h1-7H,(H,15,16,17)/b11-7+. The Labute approximate surface area is 113 Å². The predicted molar refractivity (Wildman–Crippen MR) is 78.1 cm³/mol. The van der Waals surface area contributed by atoms with Gasteiger partial charge in [-0.2, -0.15) is 0 Å². The first-order valence-corrected chi connectivity index (χ1v) is 6.55. The van der Waals surface area contributed by atoms with Crippen LogP contribution in [-0.4, -0.2) is 15.2 Å². The third-order valence-electron chi connectivity index (χ3n) is 2.61. The summed E-state index contributed by atoms with van der Waals surface area (Å²) in [4.78, 5) is 16.5. The molecule has 0 aliphatic carbocycles. The molecule has 18 heavy (non-hydrogen) atoms. The quantitative estimate of drug-likeness (QED) is 0.640. The lowest BCUT2D eigenvalue weighted by atomic mass is 10.1. The van der Waals surface area contributed by atoms with Crippen LogP contribution in [0.1, 0.15) is 5.56 Å². The highest BCUT2D eigenvalue weighted by Gasteiger charge is 2.22. The number of pyridine rings is 1. The number of hydrogen-bond donors (Lipinski definition) is 1. The second kappa shape index (κ2) is 4.51. The lowest BCUT2D eigenvalue weighted by molar-refractivity contribution is -0.115. The van der Waals surface area contributed by atoms with Crippen molar-refractivity contribution in [3.8, 4) is 0 Å². The van der Waals surface area contributed by atoms with Gasteiger partial charge in [-0.15, -0.1) is 0 Å². The summed E-state index contributed by atoms with van der Waals surface area (Å²) in [7, 11) is 0. The molecule has 2 heterocycles. The Morgan fingerprint density at radius 1 is 1.28 bits per heavy atom. The number of nitrogens with zero attached hydrogens (tertiary/aromatic N) is 1. The summed E-state index contributed by atoms with van der Waals surface area (Å²) in [5.41, 5.74) is 1.89. The van der Waals surface area contributed by atoms with Crippen molar-refractivity contribution in [2.24, 2.45) is 0 Å². The molecular weight excluding hydrogens is 264 g/mol. The first-order valence-electron chi connectivity index (χ1n) is 5.33. The number of para-hydroxylation sites is 1. The van der Waals surface area contributed by atoms with Gasteiger partial charge < -0.3 is 5.32 Å². The maximum absolute atomic E-state index is 11.6. The highest BCUT2D eigenvalue weighted by atomic mass is 32.2. The van der Waals surface area contributed by atoms with E-state index >= 15 is 0 Å². The van der Waals surface area contributed by atoms with Gasteiger partial charge in [0.15, 0.2) is 0 Å². The zero-order valence-corrected chi connectivity index (χ0v) is 10.8. The molecule has 1 N–H and O–H groups in total. The number of thiocarbonyl (C=S) groups is 1. The minimum absolute atomic E-state index is 0.133. The monoisotopic (exact) mass is 272 g/mol. The van der Waals surface area contributed by atoms with Crippen LogP contribution in [-0.2, 0) is 4.79 Å². The van der Waals surface area contributed by atoms with Gasteiger partial charge in [0.25, 0.3) is 5.91 Å². The predicted octanol–water partition coefficient (Wildman–Crippen LogP) is 2.72. The van der Waals surface area contributed by atoms with Gasteiger partial charge in [-0.05, 0) is 23.8 Å². The Bertz CT molecular complexity index is 689. The lowest BCUT2D eigenvalue weighted by Crippen LogP contribution is -2.17. The maximum atomic E-state index is 11.6. The van der Waals surface area contributed by atoms with Crippen LogP contribution in [0.15, 0.2) is 41.4 Å². The minimum atomic E-state index is -0.133. The van der Waals surface area contributed by atoms with Crippen LogP contribution in [0.5, 0.6) is 0 Å². The van der Waals surface area contributed by atoms with Gasteiger partial charge in [0.05, 0.1) is 10.4 Å². The fraction of sp³-hybridized carbons (Fsp3) is 0. The number of benzene rings is 1. The fourth-order valence-electron chi connectivity index (χ4n) is 1.81. The zero-order valence-electron chi connectivity index (χ0n) is 9.21. The average molecular weight is 272 g/mol. The van der Waals surface area contributed by atoms with E-state index in [-0.39, 0.29) is 5.91 Å². The van der Waals surface area contributed by atoms with Crippen LogP contribution in [0.25, 0.3) is 17.0 Å². The van der Waals surface area contributed by atoms with Crippen molar-refractivity contribution in [3.05, 3.63) is 47.0 Å². The van der Waals surface area contributed by atoms with Crippen molar-refractivity contribution in [3.63, 3.8) is 0 Å². The van der Waals surface area contributed by atoms with Crippen LogP contribution in [0.2, 0.25) is 0 Å². The van der Waals surface area contributed by atoms with Crippen LogP contribution >= 0.6 is 24.0 Å². The van der Waals surface area contributed by atoms with E-state index in [4.69, 9.17) is 12.2 Å². The molecule has 1 aromatic heterocycles. The summed E-state index contributed by atoms with van der Waals surface area (Å²) >= 11 is 6.25. The van der Waals surface area contributed by atoms with E-state index in [0.29, 0.717) is 9.23 Å². The van der Waals surface area contributed by atoms with E-state index in [2.05, 4.69) is 10.3 Å². The highest BCUT2D eigenvalue weighted by Crippen LogP contribution is 2.27. The molecule has 1 amide bonds. The first kappa shape index (κ1) is 11.4. The third-order valence-corrected chi connectivity index (χ3v) is 3.77. The molecule has 0 bridgehead atoms. The molecular formula is C13H8N2OS2. The molecule has 0 saturated carbocycles. The molecule has 2 aromatic rings. The van der Waals surface area contributed by atoms with Crippen LogP contribution in [0, 0.1) is 0 Å². The van der Waals surface area contributed by atoms with Crippen molar-refractivity contribution in [1.29, 1.82) is 0 Å². The summed E-state index contributed by atoms with van der Waals surface area (Å²) in [6.07, 6.45) is 3.59. The molecule has 88 valence electrons. The summed E-state index contributed by atoms with van der Waals surface area (Å²) in [6, 6.07) is 9.73. The molecule has 1 fully saturated rings. The molecule has 1 aliphatic rings. The number of rotatable bonds is 1. The fourth-order valence-corrected chi connectivity index (χ4v) is 2.84. The van der Waals surface area contributed by atoms with Crippen LogP contribution in [0.4, 0.5) is 0 Å². The molecule has 3 nitrogen and oxygen atoms in total. The van der Waals surface area contributed by atoms with Crippen molar-refractivity contribution < 1.29 is 4.79 Å². The van der Waals surface area contributed by atoms with Gasteiger partial charge >= 0.3 is 0 Å². The number of hydrogen-bond acceptors (Lipinski definition) is 4. The normalized spacial score (nSPS) is 17.4. The Kier molecular flexibility index (Phi) is 2.85. The van der Waals surface area contributed by atoms with E-state index in [1.54, 1.807) is 6.20 Å². The lowest BCUT2D eigenvalue weighted by Gasteiger charge is -2.01. The largest absolute Gasteiger partial charge is 0.307 e. The third kappa shape index (κ3) is 2.02. The summed E-state index contributed by atoms with van der Waals surface area (Å²) in [6.45, 7) is 0. The van der Waals surface area contributed by atoms with Crippen LogP contribution in [0.3, 0.4) is 0 Å². The van der Waals surface area contributed by atoms with Gasteiger partial charge in [0.2, 0.25) is 0 Å². The number of carbonyl (C=O) groups excluding carboxylic acids is 1. The first-order chi connectivity index (χ1) is 8.74. The van der Waals surface area contributed by atoms with Crippen molar-refractivity contribution in [2.45, 2.75) is 0 Å². The van der Waals surface area contributed by atoms with Gasteiger partial charge in [-0.3, -0.25) is 9.78 Å². The SMILES string of the molecule is O=C1NC(=S)S/C1=C/c1ccnc2ccccc12. The topological polar surface area (TPSA) is 42.0 Å². The molecule has 5 heteroatoms. The summed E-state index contributed by atoms with van der Waals surface area (Å²) < 4.78 is 0.504. The van der Waals surface area contributed by atoms with Crippen molar-refractivity contribution >= 4 is 51.2 Å². The number of amides is 1. The number of aromatic nitrogens is 1. The second-order valence-electron chi connectivity index (χ2n) is 3.77. The average Bonchev–Trinajstić information content (AvgIpc) is 2.68. The summed E-state index contributed by atoms with van der Waals surface area (Å²) in [5, 5.41) is 3.63. The van der Waals surface area contributed by atoms with Gasteiger partial charge in [0.1, 0.15) is 4.32 Å². The van der Waals surface area contributed by atoms with Crippen molar-refractivity contribution in [2.75, 3.05) is 0 Å². The molecule has 0 radical (unpaired) electrons. The van der Waals surface area contributed by atoms with Crippen LogP contribution < -0.4 is 5.32 Å². The van der Waals surface area contributed by atoms with Gasteiger partial charge in [0, 0.05) is 11.6 Å².